The molecule has 2 heterocycles. The number of aryl methyl sites for hydroxylation is 1. The largest absolute Gasteiger partial charge is 0.494 e. The molecule has 1 aliphatic rings. The van der Waals surface area contributed by atoms with E-state index in [1.807, 2.05) is 0 Å². The fourth-order valence-electron chi connectivity index (χ4n) is 2.90. The van der Waals surface area contributed by atoms with Crippen LogP contribution in [0.2, 0.25) is 0 Å². The standard InChI is InChI=1S/C17H20FNO7P2/c1-11-6-7-13(24-2)15(18)14(11)16-25-27(3,21)17(20,28(22,23)26-16)9-12-5-4-8-19-10-12/h4-8,10,16,20-21H,3,9H2,1-2H3,(H,22,23). The molecule has 2 aromatic rings. The third-order valence-electron chi connectivity index (χ3n) is 4.50. The Bertz CT molecular complexity index is 959. The molecule has 0 saturated carbocycles. The van der Waals surface area contributed by atoms with Gasteiger partial charge in [-0.1, -0.05) is 12.1 Å². The fourth-order valence-corrected chi connectivity index (χ4v) is 6.85. The number of benzene rings is 1. The predicted octanol–water partition coefficient (Wildman–Crippen LogP) is 2.93. The zero-order valence-electron chi connectivity index (χ0n) is 15.1. The van der Waals surface area contributed by atoms with E-state index >= 15 is 0 Å². The Hall–Kier alpha value is -1.57. The number of aromatic nitrogens is 1. The Morgan fingerprint density at radius 1 is 1.36 bits per heavy atom. The zero-order chi connectivity index (χ0) is 20.7. The van der Waals surface area contributed by atoms with Gasteiger partial charge in [0.2, 0.25) is 11.4 Å². The highest BCUT2D eigenvalue weighted by atomic mass is 31.2. The molecule has 3 rings (SSSR count). The minimum atomic E-state index is -4.95. The van der Waals surface area contributed by atoms with E-state index < -0.39 is 38.5 Å². The van der Waals surface area contributed by atoms with Crippen molar-refractivity contribution >= 4 is 21.2 Å². The predicted molar refractivity (Wildman–Crippen MR) is 102 cm³/mol. The van der Waals surface area contributed by atoms with Gasteiger partial charge in [0, 0.05) is 18.8 Å². The van der Waals surface area contributed by atoms with E-state index in [2.05, 4.69) is 11.3 Å². The first kappa shape index (κ1) is 21.1. The van der Waals surface area contributed by atoms with E-state index in [4.69, 9.17) is 13.8 Å². The van der Waals surface area contributed by atoms with Crippen LogP contribution in [0.4, 0.5) is 4.39 Å². The highest BCUT2D eigenvalue weighted by molar-refractivity contribution is 7.78. The van der Waals surface area contributed by atoms with Crippen molar-refractivity contribution < 1.29 is 37.6 Å². The van der Waals surface area contributed by atoms with Crippen molar-refractivity contribution in [3.05, 3.63) is 59.2 Å². The SMILES string of the molecule is C=P1(O)OC(c2c(C)ccc(OC)c2F)OP(=O)(O)C1(O)Cc1cccnc1. The Balaban J connectivity index is 2.04. The molecule has 1 aromatic heterocycles. The number of ether oxygens (including phenoxy) is 1. The van der Waals surface area contributed by atoms with Gasteiger partial charge in [-0.25, -0.2) is 4.39 Å². The topological polar surface area (TPSA) is 118 Å². The van der Waals surface area contributed by atoms with Gasteiger partial charge in [0.05, 0.1) is 12.7 Å². The lowest BCUT2D eigenvalue weighted by Crippen LogP contribution is -2.38. The molecule has 1 aliphatic heterocycles. The maximum absolute atomic E-state index is 14.7. The number of aliphatic hydroxyl groups is 1. The number of hydrogen-bond donors (Lipinski definition) is 3. The Labute approximate surface area is 161 Å². The van der Waals surface area contributed by atoms with Gasteiger partial charge in [-0.05, 0) is 36.5 Å². The summed E-state index contributed by atoms with van der Waals surface area (Å²) in [4.78, 5) is 25.1. The van der Waals surface area contributed by atoms with E-state index in [0.717, 1.165) is 0 Å². The van der Waals surface area contributed by atoms with Gasteiger partial charge >= 0.3 is 7.60 Å². The second-order valence-corrected chi connectivity index (χ2v) is 11.1. The highest BCUT2D eigenvalue weighted by Gasteiger charge is 2.62. The first-order valence-electron chi connectivity index (χ1n) is 8.12. The van der Waals surface area contributed by atoms with Crippen molar-refractivity contribution in [3.63, 3.8) is 0 Å². The fraction of sp³-hybridized carbons (Fsp3) is 0.294. The maximum Gasteiger partial charge on any atom is 0.371 e. The second kappa shape index (κ2) is 7.35. The van der Waals surface area contributed by atoms with Crippen LogP contribution in [-0.4, -0.2) is 38.4 Å². The van der Waals surface area contributed by atoms with Crippen LogP contribution in [0.25, 0.3) is 0 Å². The molecule has 0 aliphatic carbocycles. The molecule has 8 nitrogen and oxygen atoms in total. The van der Waals surface area contributed by atoms with Gasteiger partial charge < -0.3 is 19.6 Å². The van der Waals surface area contributed by atoms with Crippen LogP contribution < -0.4 is 4.74 Å². The molecular formula is C17H20FNO7P2. The minimum absolute atomic E-state index is 0.136. The minimum Gasteiger partial charge on any atom is -0.494 e. The van der Waals surface area contributed by atoms with Crippen LogP contribution in [-0.2, 0) is 20.0 Å². The van der Waals surface area contributed by atoms with Crippen molar-refractivity contribution in [3.8, 4) is 5.75 Å². The van der Waals surface area contributed by atoms with Gasteiger partial charge in [-0.2, -0.15) is 0 Å². The number of rotatable bonds is 4. The summed E-state index contributed by atoms with van der Waals surface area (Å²) < 4.78 is 43.1. The van der Waals surface area contributed by atoms with E-state index in [0.29, 0.717) is 11.1 Å². The summed E-state index contributed by atoms with van der Waals surface area (Å²) in [6, 6.07) is 5.98. The molecule has 1 fully saturated rings. The summed E-state index contributed by atoms with van der Waals surface area (Å²) in [6.07, 6.45) is 4.05. The van der Waals surface area contributed by atoms with E-state index in [1.165, 1.54) is 38.6 Å². The quantitative estimate of drug-likeness (QED) is 0.633. The molecule has 152 valence electrons. The lowest BCUT2D eigenvalue weighted by molar-refractivity contribution is -0.0497. The molecular weight excluding hydrogens is 411 g/mol. The van der Waals surface area contributed by atoms with Crippen molar-refractivity contribution in [2.24, 2.45) is 0 Å². The molecule has 1 saturated heterocycles. The van der Waals surface area contributed by atoms with Gasteiger partial charge in [0.15, 0.2) is 18.9 Å². The Kier molecular flexibility index (Phi) is 5.55. The first-order valence-corrected chi connectivity index (χ1v) is 11.5. The van der Waals surface area contributed by atoms with Crippen LogP contribution in [0.15, 0.2) is 36.7 Å². The molecule has 3 N–H and O–H groups in total. The van der Waals surface area contributed by atoms with Gasteiger partial charge in [0.1, 0.15) is 0 Å². The molecule has 4 unspecified atom stereocenters. The van der Waals surface area contributed by atoms with Crippen LogP contribution in [0.1, 0.15) is 23.0 Å². The summed E-state index contributed by atoms with van der Waals surface area (Å²) in [7, 11) is -7.89. The summed E-state index contributed by atoms with van der Waals surface area (Å²) in [5.74, 6) is -1.01. The molecule has 0 amide bonds. The third kappa shape index (κ3) is 3.44. The smallest absolute Gasteiger partial charge is 0.371 e. The van der Waals surface area contributed by atoms with Crippen molar-refractivity contribution in [1.29, 1.82) is 0 Å². The van der Waals surface area contributed by atoms with Gasteiger partial charge in [0.25, 0.3) is 0 Å². The average Bonchev–Trinajstić information content (AvgIpc) is 2.60. The first-order chi connectivity index (χ1) is 13.0. The van der Waals surface area contributed by atoms with E-state index in [1.54, 1.807) is 12.1 Å². The maximum atomic E-state index is 14.7. The van der Waals surface area contributed by atoms with E-state index in [-0.39, 0.29) is 11.3 Å². The summed E-state index contributed by atoms with van der Waals surface area (Å²) in [6.45, 7) is 1.53. The van der Waals surface area contributed by atoms with Crippen LogP contribution >= 0.6 is 14.9 Å². The van der Waals surface area contributed by atoms with Crippen LogP contribution in [0.3, 0.4) is 0 Å². The Morgan fingerprint density at radius 2 is 2.07 bits per heavy atom. The summed E-state index contributed by atoms with van der Waals surface area (Å²) in [5, 5.41) is 8.21. The number of halogens is 1. The summed E-state index contributed by atoms with van der Waals surface area (Å²) in [5.41, 5.74) is 0.468. The van der Waals surface area contributed by atoms with Crippen LogP contribution in [0, 0.1) is 12.7 Å². The molecule has 0 spiro atoms. The molecule has 4 atom stereocenters. The van der Waals surface area contributed by atoms with Crippen molar-refractivity contribution in [2.75, 3.05) is 7.11 Å². The molecule has 0 radical (unpaired) electrons. The van der Waals surface area contributed by atoms with Gasteiger partial charge in [-0.3, -0.25) is 18.6 Å². The third-order valence-corrected chi connectivity index (χ3v) is 9.56. The highest BCUT2D eigenvalue weighted by Crippen LogP contribution is 2.79. The monoisotopic (exact) mass is 431 g/mol. The van der Waals surface area contributed by atoms with Crippen molar-refractivity contribution in [1.82, 2.24) is 4.98 Å². The van der Waals surface area contributed by atoms with Gasteiger partial charge in [-0.15, -0.1) is 0 Å². The van der Waals surface area contributed by atoms with Crippen LogP contribution in [0.5, 0.6) is 5.75 Å². The molecule has 0 bridgehead atoms. The molecule has 28 heavy (non-hydrogen) atoms. The summed E-state index contributed by atoms with van der Waals surface area (Å²) >= 11 is 0. The average molecular weight is 431 g/mol. The number of methoxy groups -OCH3 is 1. The van der Waals surface area contributed by atoms with Crippen molar-refractivity contribution in [2.45, 2.75) is 24.7 Å². The lowest BCUT2D eigenvalue weighted by Gasteiger charge is -2.45. The normalized spacial score (nSPS) is 32.9. The second-order valence-electron chi connectivity index (χ2n) is 6.39. The number of nitrogens with zero attached hydrogens (tertiary/aromatic N) is 1. The lowest BCUT2D eigenvalue weighted by atomic mass is 10.1. The molecule has 11 heteroatoms. The molecule has 1 aromatic carbocycles. The Morgan fingerprint density at radius 3 is 2.64 bits per heavy atom. The zero-order valence-corrected chi connectivity index (χ0v) is 16.9. The number of pyridine rings is 1. The van der Waals surface area contributed by atoms with E-state index in [9.17, 15) is 23.8 Å². The number of hydrogen-bond acceptors (Lipinski definition) is 7.